The molecule has 0 fully saturated rings. The monoisotopic (exact) mass is 237 g/mol. The van der Waals surface area contributed by atoms with E-state index in [4.69, 9.17) is 4.84 Å². The second-order valence-electron chi connectivity index (χ2n) is 3.97. The molecule has 1 N–H and O–H groups in total. The van der Waals surface area contributed by atoms with Gasteiger partial charge in [-0.25, -0.2) is 0 Å². The molecular formula is C13H19NO3. The van der Waals surface area contributed by atoms with Gasteiger partial charge in [0, 0.05) is 12.8 Å². The van der Waals surface area contributed by atoms with E-state index in [0.29, 0.717) is 43.6 Å². The molecule has 4 nitrogen and oxygen atoms in total. The number of nitrogens with zero attached hydrogens (tertiary/aromatic N) is 1. The van der Waals surface area contributed by atoms with Gasteiger partial charge in [-0.15, -0.1) is 0 Å². The molecule has 0 amide bonds. The van der Waals surface area contributed by atoms with E-state index in [-0.39, 0.29) is 11.5 Å². The van der Waals surface area contributed by atoms with Crippen molar-refractivity contribution in [2.45, 2.75) is 39.0 Å². The van der Waals surface area contributed by atoms with Crippen molar-refractivity contribution in [3.05, 3.63) is 24.0 Å². The van der Waals surface area contributed by atoms with Gasteiger partial charge in [0.1, 0.15) is 12.4 Å². The normalized spacial score (nSPS) is 17.2. The third kappa shape index (κ3) is 3.73. The van der Waals surface area contributed by atoms with Crippen LogP contribution in [0.15, 0.2) is 29.1 Å². The summed E-state index contributed by atoms with van der Waals surface area (Å²) in [5.41, 5.74) is 0.915. The second-order valence-corrected chi connectivity index (χ2v) is 3.97. The van der Waals surface area contributed by atoms with Gasteiger partial charge < -0.3 is 9.94 Å². The predicted octanol–water partition coefficient (Wildman–Crippen LogP) is 2.91. The van der Waals surface area contributed by atoms with Gasteiger partial charge in [0.15, 0.2) is 5.78 Å². The summed E-state index contributed by atoms with van der Waals surface area (Å²) in [6.07, 6.45) is 4.79. The van der Waals surface area contributed by atoms with E-state index >= 15 is 0 Å². The van der Waals surface area contributed by atoms with Crippen LogP contribution < -0.4 is 0 Å². The molecule has 0 aromatic heterocycles. The Balaban J connectivity index is 2.91. The fraction of sp³-hybridized carbons (Fsp3) is 0.538. The van der Waals surface area contributed by atoms with Gasteiger partial charge in [-0.2, -0.15) is 0 Å². The third-order valence-corrected chi connectivity index (χ3v) is 2.53. The first-order valence-electron chi connectivity index (χ1n) is 5.96. The number of allylic oxidation sites excluding steroid dienone is 2. The summed E-state index contributed by atoms with van der Waals surface area (Å²) in [6, 6.07) is 0. The van der Waals surface area contributed by atoms with Crippen molar-refractivity contribution in [3.8, 4) is 0 Å². The third-order valence-electron chi connectivity index (χ3n) is 2.53. The molecule has 0 bridgehead atoms. The van der Waals surface area contributed by atoms with Crippen molar-refractivity contribution < 1.29 is 14.7 Å². The number of ketones is 1. The molecule has 0 saturated heterocycles. The lowest BCUT2D eigenvalue weighted by Crippen LogP contribution is -2.19. The number of aliphatic hydroxyl groups is 1. The van der Waals surface area contributed by atoms with Crippen LogP contribution in [0, 0.1) is 0 Å². The molecule has 1 aliphatic rings. The minimum atomic E-state index is -0.0387. The fourth-order valence-electron chi connectivity index (χ4n) is 1.78. The number of hydrogen-bond donors (Lipinski definition) is 1. The predicted molar refractivity (Wildman–Crippen MR) is 67.0 cm³/mol. The summed E-state index contributed by atoms with van der Waals surface area (Å²) in [6.45, 7) is 5.82. The standard InChI is InChI=1S/C13H19NO3/c1-3-6-10(14-17-9-4-2)13-11(15)7-5-8-12(13)16/h4,15H,2-3,5-9H2,1H3. The smallest absolute Gasteiger partial charge is 0.168 e. The van der Waals surface area contributed by atoms with Crippen molar-refractivity contribution in [3.63, 3.8) is 0 Å². The molecule has 0 atom stereocenters. The SMILES string of the molecule is C=CCON=C(CCC)C1=C(O)CCCC1=O. The van der Waals surface area contributed by atoms with E-state index in [0.717, 1.165) is 6.42 Å². The molecule has 1 aliphatic carbocycles. The lowest BCUT2D eigenvalue weighted by molar-refractivity contribution is -0.115. The van der Waals surface area contributed by atoms with Crippen LogP contribution in [0.5, 0.6) is 0 Å². The largest absolute Gasteiger partial charge is 0.511 e. The maximum absolute atomic E-state index is 11.8. The van der Waals surface area contributed by atoms with Gasteiger partial charge in [-0.1, -0.05) is 31.2 Å². The average molecular weight is 237 g/mol. The maximum atomic E-state index is 11.8. The summed E-state index contributed by atoms with van der Waals surface area (Å²) in [4.78, 5) is 16.8. The van der Waals surface area contributed by atoms with Crippen LogP contribution in [0.3, 0.4) is 0 Å². The molecule has 0 radical (unpaired) electrons. The van der Waals surface area contributed by atoms with Gasteiger partial charge in [0.2, 0.25) is 0 Å². The first-order chi connectivity index (χ1) is 8.20. The van der Waals surface area contributed by atoms with Crippen molar-refractivity contribution >= 4 is 11.5 Å². The van der Waals surface area contributed by atoms with Gasteiger partial charge in [-0.3, -0.25) is 4.79 Å². The minimum Gasteiger partial charge on any atom is -0.511 e. The van der Waals surface area contributed by atoms with Crippen LogP contribution in [-0.4, -0.2) is 23.2 Å². The van der Waals surface area contributed by atoms with E-state index in [2.05, 4.69) is 11.7 Å². The summed E-state index contributed by atoms with van der Waals surface area (Å²) >= 11 is 0. The maximum Gasteiger partial charge on any atom is 0.168 e. The van der Waals surface area contributed by atoms with Gasteiger partial charge >= 0.3 is 0 Å². The summed E-state index contributed by atoms with van der Waals surface area (Å²) in [5.74, 6) is 0.110. The Morgan fingerprint density at radius 2 is 2.35 bits per heavy atom. The summed E-state index contributed by atoms with van der Waals surface area (Å²) in [7, 11) is 0. The number of oxime groups is 1. The molecule has 0 aromatic carbocycles. The van der Waals surface area contributed by atoms with Crippen LogP contribution in [0.1, 0.15) is 39.0 Å². The minimum absolute atomic E-state index is 0.0387. The molecule has 0 saturated carbocycles. The molecule has 0 heterocycles. The highest BCUT2D eigenvalue weighted by atomic mass is 16.6. The summed E-state index contributed by atoms with van der Waals surface area (Å²) in [5, 5.41) is 13.7. The van der Waals surface area contributed by atoms with E-state index in [1.807, 2.05) is 6.92 Å². The molecule has 0 aromatic rings. The highest BCUT2D eigenvalue weighted by Gasteiger charge is 2.24. The Bertz CT molecular complexity index is 356. The first kappa shape index (κ1) is 13.5. The van der Waals surface area contributed by atoms with E-state index < -0.39 is 0 Å². The Kier molecular flexibility index (Phi) is 5.46. The van der Waals surface area contributed by atoms with Crippen molar-refractivity contribution in [2.75, 3.05) is 6.61 Å². The number of carbonyl (C=O) groups excluding carboxylic acids is 1. The molecule has 94 valence electrons. The van der Waals surface area contributed by atoms with Crippen LogP contribution in [-0.2, 0) is 9.63 Å². The number of rotatable bonds is 6. The van der Waals surface area contributed by atoms with Crippen LogP contribution in [0.4, 0.5) is 0 Å². The zero-order chi connectivity index (χ0) is 12.7. The lowest BCUT2D eigenvalue weighted by atomic mass is 9.91. The van der Waals surface area contributed by atoms with E-state index in [1.54, 1.807) is 6.08 Å². The van der Waals surface area contributed by atoms with Crippen LogP contribution in [0.25, 0.3) is 0 Å². The topological polar surface area (TPSA) is 58.9 Å². The zero-order valence-electron chi connectivity index (χ0n) is 10.2. The van der Waals surface area contributed by atoms with Gasteiger partial charge in [0.25, 0.3) is 0 Å². The second kappa shape index (κ2) is 6.89. The van der Waals surface area contributed by atoms with E-state index in [9.17, 15) is 9.90 Å². The molecule has 4 heteroatoms. The fourth-order valence-corrected chi connectivity index (χ4v) is 1.78. The number of Topliss-reactive ketones (excluding diaryl/α,β-unsaturated/α-hetero) is 1. The van der Waals surface area contributed by atoms with E-state index in [1.165, 1.54) is 0 Å². The highest BCUT2D eigenvalue weighted by Crippen LogP contribution is 2.22. The molecule has 0 spiro atoms. The number of aliphatic hydroxyl groups excluding tert-OH is 1. The van der Waals surface area contributed by atoms with Crippen molar-refractivity contribution in [1.82, 2.24) is 0 Å². The molecule has 0 aliphatic heterocycles. The van der Waals surface area contributed by atoms with Gasteiger partial charge in [0.05, 0.1) is 11.3 Å². The van der Waals surface area contributed by atoms with Crippen molar-refractivity contribution in [1.29, 1.82) is 0 Å². The quantitative estimate of drug-likeness (QED) is 0.334. The van der Waals surface area contributed by atoms with Crippen LogP contribution in [0.2, 0.25) is 0 Å². The van der Waals surface area contributed by atoms with Gasteiger partial charge in [-0.05, 0) is 12.8 Å². The molecule has 17 heavy (non-hydrogen) atoms. The number of hydrogen-bond acceptors (Lipinski definition) is 4. The Morgan fingerprint density at radius 3 is 2.94 bits per heavy atom. The Hall–Kier alpha value is -1.58. The van der Waals surface area contributed by atoms with Crippen LogP contribution >= 0.6 is 0 Å². The first-order valence-corrected chi connectivity index (χ1v) is 5.96. The lowest BCUT2D eigenvalue weighted by Gasteiger charge is -2.16. The Labute approximate surface area is 102 Å². The molecular weight excluding hydrogens is 218 g/mol. The number of carbonyl (C=O) groups is 1. The Morgan fingerprint density at radius 1 is 1.59 bits per heavy atom. The highest BCUT2D eigenvalue weighted by molar-refractivity contribution is 6.22. The zero-order valence-corrected chi connectivity index (χ0v) is 10.2. The van der Waals surface area contributed by atoms with Crippen molar-refractivity contribution in [2.24, 2.45) is 5.16 Å². The molecule has 0 unspecified atom stereocenters. The summed E-state index contributed by atoms with van der Waals surface area (Å²) < 4.78 is 0. The molecule has 1 rings (SSSR count). The average Bonchev–Trinajstić information content (AvgIpc) is 2.29.